The lowest BCUT2D eigenvalue weighted by molar-refractivity contribution is -0.119. The molecule has 7 rings (SSSR count). The Hall–Kier alpha value is -5.47. The number of H-pyrrole nitrogens is 1. The molecule has 206 valence electrons. The van der Waals surface area contributed by atoms with Crippen LogP contribution in [0.1, 0.15) is 28.7 Å². The third-order valence-electron chi connectivity index (χ3n) is 7.86. The number of hydrogen-bond acceptors (Lipinski definition) is 5. The fourth-order valence-corrected chi connectivity index (χ4v) is 5.91. The molecule has 0 bridgehead atoms. The van der Waals surface area contributed by atoms with Crippen molar-refractivity contribution in [3.05, 3.63) is 142 Å². The Bertz CT molecular complexity index is 1980. The number of nitrogens with zero attached hydrogens (tertiary/aromatic N) is 4. The SMILES string of the molecule is CN1C(=O)[C@H]([C@H](c2cc(-c3ccccc3)nnc2-c2ccccc2)c2n[nH]c(=O)c3ccccc23)c2ccccc21.O. The minimum absolute atomic E-state index is 0. The van der Waals surface area contributed by atoms with Gasteiger partial charge in [-0.05, 0) is 29.3 Å². The van der Waals surface area contributed by atoms with Gasteiger partial charge >= 0.3 is 0 Å². The zero-order valence-corrected chi connectivity index (χ0v) is 22.7. The van der Waals surface area contributed by atoms with E-state index in [9.17, 15) is 9.59 Å². The average Bonchev–Trinajstić information content (AvgIpc) is 3.28. The summed E-state index contributed by atoms with van der Waals surface area (Å²) in [4.78, 5) is 28.7. The first-order valence-corrected chi connectivity index (χ1v) is 13.4. The van der Waals surface area contributed by atoms with Crippen LogP contribution in [0.2, 0.25) is 0 Å². The smallest absolute Gasteiger partial charge is 0.272 e. The molecule has 0 saturated carbocycles. The van der Waals surface area contributed by atoms with Crippen molar-refractivity contribution >= 4 is 22.4 Å². The fraction of sp³-hybridized carbons (Fsp3) is 0.0882. The highest BCUT2D eigenvalue weighted by Crippen LogP contribution is 2.49. The Morgan fingerprint density at radius 3 is 2.10 bits per heavy atom. The number of carbonyl (C=O) groups excluding carboxylic acids is 1. The van der Waals surface area contributed by atoms with Crippen LogP contribution in [0.4, 0.5) is 5.69 Å². The summed E-state index contributed by atoms with van der Waals surface area (Å²) in [7, 11) is 1.80. The van der Waals surface area contributed by atoms with Crippen molar-refractivity contribution in [1.82, 2.24) is 20.4 Å². The molecule has 8 nitrogen and oxygen atoms in total. The summed E-state index contributed by atoms with van der Waals surface area (Å²) in [5, 5.41) is 17.9. The molecule has 1 aliphatic rings. The first kappa shape index (κ1) is 26.7. The molecule has 2 atom stereocenters. The van der Waals surface area contributed by atoms with Crippen molar-refractivity contribution in [1.29, 1.82) is 0 Å². The molecule has 6 aromatic rings. The van der Waals surface area contributed by atoms with E-state index in [-0.39, 0.29) is 16.9 Å². The standard InChI is InChI=1S/C34H25N5O2.H2O/c1-39-28-19-11-10-18-25(28)30(34(39)41)29(32-23-16-8-9-17-24(23)33(40)38-37-32)26-20-27(21-12-4-2-5-13-21)35-36-31(26)22-14-6-3-7-15-22;/h2-20,29-30H,1H3,(H,38,40);1H2/t29-,30-;/m0./s1. The summed E-state index contributed by atoms with van der Waals surface area (Å²) in [5.74, 6) is -1.23. The van der Waals surface area contributed by atoms with Gasteiger partial charge in [-0.15, -0.1) is 10.2 Å². The van der Waals surface area contributed by atoms with E-state index in [1.165, 1.54) is 0 Å². The van der Waals surface area contributed by atoms with E-state index in [4.69, 9.17) is 5.10 Å². The van der Waals surface area contributed by atoms with Crippen LogP contribution in [-0.2, 0) is 4.79 Å². The molecule has 0 aliphatic carbocycles. The van der Waals surface area contributed by atoms with Crippen molar-refractivity contribution in [3.63, 3.8) is 0 Å². The third kappa shape index (κ3) is 4.34. The molecule has 0 unspecified atom stereocenters. The van der Waals surface area contributed by atoms with Crippen molar-refractivity contribution in [3.8, 4) is 22.5 Å². The van der Waals surface area contributed by atoms with Gasteiger partial charge < -0.3 is 10.4 Å². The maximum Gasteiger partial charge on any atom is 0.272 e. The number of aromatic amines is 1. The first-order valence-electron chi connectivity index (χ1n) is 13.4. The largest absolute Gasteiger partial charge is 0.412 e. The van der Waals surface area contributed by atoms with Gasteiger partial charge in [-0.2, -0.15) is 5.10 Å². The molecule has 4 aromatic carbocycles. The molecule has 3 heterocycles. The maximum atomic E-state index is 14.1. The summed E-state index contributed by atoms with van der Waals surface area (Å²) in [5.41, 5.74) is 6.02. The van der Waals surface area contributed by atoms with Crippen LogP contribution in [0.5, 0.6) is 0 Å². The molecule has 3 N–H and O–H groups in total. The van der Waals surface area contributed by atoms with Gasteiger partial charge in [0.25, 0.3) is 5.56 Å². The van der Waals surface area contributed by atoms with E-state index < -0.39 is 11.8 Å². The second kappa shape index (κ2) is 10.8. The number of fused-ring (bicyclic) bond motifs is 2. The van der Waals surface area contributed by atoms with Crippen LogP contribution in [0.15, 0.2) is 120 Å². The molecule has 1 amide bonds. The topological polar surface area (TPSA) is 123 Å². The summed E-state index contributed by atoms with van der Waals surface area (Å²) in [6.07, 6.45) is 0. The minimum atomic E-state index is -0.603. The number of nitrogens with one attached hydrogen (secondary N) is 1. The van der Waals surface area contributed by atoms with E-state index in [0.717, 1.165) is 27.9 Å². The first-order chi connectivity index (χ1) is 20.1. The molecule has 0 fully saturated rings. The predicted molar refractivity (Wildman–Crippen MR) is 163 cm³/mol. The van der Waals surface area contributed by atoms with E-state index >= 15 is 0 Å². The number of carbonyl (C=O) groups is 1. The van der Waals surface area contributed by atoms with Crippen LogP contribution in [0.3, 0.4) is 0 Å². The number of likely N-dealkylation sites (N-methyl/N-ethyl adjacent to an activating group) is 1. The normalized spacial score (nSPS) is 14.8. The molecule has 42 heavy (non-hydrogen) atoms. The maximum absolute atomic E-state index is 14.1. The Morgan fingerprint density at radius 1 is 0.738 bits per heavy atom. The van der Waals surface area contributed by atoms with Crippen LogP contribution in [0.25, 0.3) is 33.3 Å². The number of rotatable bonds is 5. The van der Waals surface area contributed by atoms with Crippen LogP contribution in [0, 0.1) is 0 Å². The van der Waals surface area contributed by atoms with E-state index in [1.807, 2.05) is 109 Å². The van der Waals surface area contributed by atoms with Crippen molar-refractivity contribution < 1.29 is 10.3 Å². The molecule has 0 spiro atoms. The Morgan fingerprint density at radius 2 is 1.36 bits per heavy atom. The van der Waals surface area contributed by atoms with Gasteiger partial charge in [0, 0.05) is 35.2 Å². The third-order valence-corrected chi connectivity index (χ3v) is 7.86. The molecule has 2 aromatic heterocycles. The Labute approximate surface area is 241 Å². The highest BCUT2D eigenvalue weighted by atomic mass is 16.2. The number of anilines is 1. The van der Waals surface area contributed by atoms with Crippen molar-refractivity contribution in [2.75, 3.05) is 11.9 Å². The van der Waals surface area contributed by atoms with Crippen LogP contribution in [-0.4, -0.2) is 38.8 Å². The van der Waals surface area contributed by atoms with Crippen molar-refractivity contribution in [2.45, 2.75) is 11.8 Å². The van der Waals surface area contributed by atoms with Gasteiger partial charge in [-0.3, -0.25) is 9.59 Å². The van der Waals surface area contributed by atoms with Gasteiger partial charge in [0.05, 0.1) is 28.4 Å². The zero-order chi connectivity index (χ0) is 27.9. The van der Waals surface area contributed by atoms with Gasteiger partial charge in [-0.25, -0.2) is 5.10 Å². The lowest BCUT2D eigenvalue weighted by Crippen LogP contribution is -2.29. The van der Waals surface area contributed by atoms with E-state index in [1.54, 1.807) is 18.0 Å². The van der Waals surface area contributed by atoms with Crippen LogP contribution >= 0.6 is 0 Å². The van der Waals surface area contributed by atoms with E-state index in [0.29, 0.717) is 27.9 Å². The molecule has 0 saturated heterocycles. The summed E-state index contributed by atoms with van der Waals surface area (Å²) in [6.45, 7) is 0. The highest BCUT2D eigenvalue weighted by molar-refractivity contribution is 6.06. The van der Waals surface area contributed by atoms with Crippen LogP contribution < -0.4 is 10.5 Å². The van der Waals surface area contributed by atoms with E-state index in [2.05, 4.69) is 15.3 Å². The molecule has 0 radical (unpaired) electrons. The molecular formula is C34H27N5O3. The highest BCUT2D eigenvalue weighted by Gasteiger charge is 2.44. The monoisotopic (exact) mass is 553 g/mol. The quantitative estimate of drug-likeness (QED) is 0.318. The number of hydrogen-bond donors (Lipinski definition) is 1. The number of benzene rings is 4. The average molecular weight is 554 g/mol. The second-order valence-electron chi connectivity index (χ2n) is 10.2. The minimum Gasteiger partial charge on any atom is -0.412 e. The second-order valence-corrected chi connectivity index (χ2v) is 10.2. The van der Waals surface area contributed by atoms with Gasteiger partial charge in [-0.1, -0.05) is 97.1 Å². The summed E-state index contributed by atoms with van der Waals surface area (Å²) < 4.78 is 0. The lowest BCUT2D eigenvalue weighted by atomic mass is 9.77. The summed E-state index contributed by atoms with van der Waals surface area (Å²) >= 11 is 0. The fourth-order valence-electron chi connectivity index (χ4n) is 5.91. The molecule has 1 aliphatic heterocycles. The molecule has 8 heteroatoms. The summed E-state index contributed by atoms with van der Waals surface area (Å²) in [6, 6.07) is 37.0. The number of para-hydroxylation sites is 1. The predicted octanol–water partition coefficient (Wildman–Crippen LogP) is 5.11. The lowest BCUT2D eigenvalue weighted by Gasteiger charge is -2.26. The van der Waals surface area contributed by atoms with Gasteiger partial charge in [0.15, 0.2) is 0 Å². The van der Waals surface area contributed by atoms with Crippen molar-refractivity contribution in [2.24, 2.45) is 0 Å². The number of amides is 1. The number of aromatic nitrogens is 4. The molecular weight excluding hydrogens is 526 g/mol. The van der Waals surface area contributed by atoms with Gasteiger partial charge in [0.1, 0.15) is 0 Å². The Balaban J connectivity index is 0.00000316. The van der Waals surface area contributed by atoms with Gasteiger partial charge in [0.2, 0.25) is 5.91 Å². The zero-order valence-electron chi connectivity index (χ0n) is 22.7. The Kier molecular flexibility index (Phi) is 6.90.